The van der Waals surface area contributed by atoms with Gasteiger partial charge in [-0.3, -0.25) is 9.59 Å². The smallest absolute Gasteiger partial charge is 0.306 e. The topological polar surface area (TPSA) is 69.6 Å². The largest absolute Gasteiger partial charge is 0.481 e. The number of carbonyl (C=O) groups excluding carboxylic acids is 1. The Labute approximate surface area is 114 Å². The Morgan fingerprint density at radius 2 is 1.84 bits per heavy atom. The molecule has 0 aromatic carbocycles. The Morgan fingerprint density at radius 3 is 2.32 bits per heavy atom. The summed E-state index contributed by atoms with van der Waals surface area (Å²) < 4.78 is 0. The maximum absolute atomic E-state index is 12.7. The lowest BCUT2D eigenvalue weighted by atomic mass is 9.75. The molecule has 0 radical (unpaired) electrons. The van der Waals surface area contributed by atoms with Crippen LogP contribution in [0.5, 0.6) is 0 Å². The average molecular weight is 268 g/mol. The Bertz CT molecular complexity index is 343. The third kappa shape index (κ3) is 2.91. The number of rotatable bonds is 3. The second-order valence-corrected chi connectivity index (χ2v) is 5.79. The summed E-state index contributed by atoms with van der Waals surface area (Å²) >= 11 is 0. The molecule has 2 aliphatic rings. The van der Waals surface area contributed by atoms with Crippen LogP contribution in [0.4, 0.5) is 0 Å². The molecule has 108 valence electrons. The second-order valence-electron chi connectivity index (χ2n) is 5.79. The summed E-state index contributed by atoms with van der Waals surface area (Å²) in [5.41, 5.74) is -0.207. The summed E-state index contributed by atoms with van der Waals surface area (Å²) in [6, 6.07) is 0. The zero-order valence-electron chi connectivity index (χ0n) is 11.7. The van der Waals surface area contributed by atoms with E-state index in [9.17, 15) is 9.59 Å². The molecule has 0 aromatic heterocycles. The van der Waals surface area contributed by atoms with Crippen molar-refractivity contribution in [2.24, 2.45) is 11.3 Å². The van der Waals surface area contributed by atoms with E-state index in [4.69, 9.17) is 5.11 Å². The summed E-state index contributed by atoms with van der Waals surface area (Å²) in [6.07, 6.45) is 3.88. The molecule has 2 saturated heterocycles. The van der Waals surface area contributed by atoms with Crippen LogP contribution < -0.4 is 5.32 Å². The predicted octanol–water partition coefficient (Wildman–Crippen LogP) is 1.09. The van der Waals surface area contributed by atoms with Crippen LogP contribution in [0.1, 0.15) is 39.0 Å². The van der Waals surface area contributed by atoms with Gasteiger partial charge in [0.1, 0.15) is 0 Å². The van der Waals surface area contributed by atoms with Gasteiger partial charge in [-0.1, -0.05) is 6.92 Å². The van der Waals surface area contributed by atoms with Crippen LogP contribution in [-0.4, -0.2) is 48.1 Å². The predicted molar refractivity (Wildman–Crippen MR) is 71.8 cm³/mol. The first-order valence-electron chi connectivity index (χ1n) is 7.32. The molecule has 5 nitrogen and oxygen atoms in total. The first kappa shape index (κ1) is 14.3. The monoisotopic (exact) mass is 268 g/mol. The minimum atomic E-state index is -0.723. The van der Waals surface area contributed by atoms with Crippen molar-refractivity contribution in [2.75, 3.05) is 26.2 Å². The van der Waals surface area contributed by atoms with Crippen molar-refractivity contribution >= 4 is 11.9 Å². The molecule has 2 rings (SSSR count). The van der Waals surface area contributed by atoms with E-state index in [0.717, 1.165) is 32.4 Å². The fourth-order valence-corrected chi connectivity index (χ4v) is 3.29. The lowest BCUT2D eigenvalue weighted by Gasteiger charge is -2.41. The molecule has 2 N–H and O–H groups in total. The van der Waals surface area contributed by atoms with Crippen molar-refractivity contribution in [3.8, 4) is 0 Å². The van der Waals surface area contributed by atoms with Gasteiger partial charge < -0.3 is 15.3 Å². The van der Waals surface area contributed by atoms with E-state index in [0.29, 0.717) is 25.9 Å². The Balaban J connectivity index is 1.98. The molecule has 2 fully saturated rings. The fourth-order valence-electron chi connectivity index (χ4n) is 3.29. The van der Waals surface area contributed by atoms with Crippen LogP contribution in [0.3, 0.4) is 0 Å². The average Bonchev–Trinajstić information content (AvgIpc) is 2.47. The van der Waals surface area contributed by atoms with E-state index in [1.807, 2.05) is 4.90 Å². The van der Waals surface area contributed by atoms with Crippen LogP contribution in [0, 0.1) is 11.3 Å². The van der Waals surface area contributed by atoms with E-state index >= 15 is 0 Å². The quantitative estimate of drug-likeness (QED) is 0.804. The summed E-state index contributed by atoms with van der Waals surface area (Å²) in [5.74, 6) is -0.742. The third-order valence-electron chi connectivity index (χ3n) is 4.82. The maximum atomic E-state index is 12.7. The summed E-state index contributed by atoms with van der Waals surface area (Å²) in [7, 11) is 0. The molecule has 2 aliphatic heterocycles. The lowest BCUT2D eigenvalue weighted by molar-refractivity contribution is -0.150. The van der Waals surface area contributed by atoms with E-state index in [1.165, 1.54) is 0 Å². The summed E-state index contributed by atoms with van der Waals surface area (Å²) in [4.78, 5) is 25.6. The summed E-state index contributed by atoms with van der Waals surface area (Å²) in [5, 5.41) is 12.3. The fraction of sp³-hybridized carbons (Fsp3) is 0.857. The number of nitrogens with one attached hydrogen (secondary N) is 1. The Morgan fingerprint density at radius 1 is 1.26 bits per heavy atom. The molecule has 0 aliphatic carbocycles. The number of hydrogen-bond acceptors (Lipinski definition) is 3. The van der Waals surface area contributed by atoms with Crippen molar-refractivity contribution in [3.05, 3.63) is 0 Å². The molecule has 0 saturated carbocycles. The normalized spacial score (nSPS) is 24.2. The Hall–Kier alpha value is -1.10. The van der Waals surface area contributed by atoms with Gasteiger partial charge in [-0.15, -0.1) is 0 Å². The van der Waals surface area contributed by atoms with Crippen LogP contribution in [-0.2, 0) is 9.59 Å². The highest BCUT2D eigenvalue weighted by Crippen LogP contribution is 2.35. The lowest BCUT2D eigenvalue weighted by Crippen LogP contribution is -2.51. The van der Waals surface area contributed by atoms with Gasteiger partial charge in [-0.2, -0.15) is 0 Å². The van der Waals surface area contributed by atoms with E-state index in [2.05, 4.69) is 12.2 Å². The number of nitrogens with zero attached hydrogens (tertiary/aromatic N) is 1. The van der Waals surface area contributed by atoms with E-state index in [-0.39, 0.29) is 17.2 Å². The molecule has 1 amide bonds. The molecule has 0 bridgehead atoms. The van der Waals surface area contributed by atoms with E-state index in [1.54, 1.807) is 0 Å². The number of likely N-dealkylation sites (tertiary alicyclic amines) is 1. The molecule has 0 atom stereocenters. The van der Waals surface area contributed by atoms with Gasteiger partial charge in [0.25, 0.3) is 0 Å². The second kappa shape index (κ2) is 5.90. The molecule has 0 spiro atoms. The van der Waals surface area contributed by atoms with Crippen LogP contribution in [0.25, 0.3) is 0 Å². The molecular weight excluding hydrogens is 244 g/mol. The van der Waals surface area contributed by atoms with Crippen LogP contribution in [0.15, 0.2) is 0 Å². The van der Waals surface area contributed by atoms with Crippen molar-refractivity contribution < 1.29 is 14.7 Å². The minimum Gasteiger partial charge on any atom is -0.481 e. The SMILES string of the molecule is CCC1(C(=O)N2CCC(C(=O)O)CC2)CCNCC1. The number of carbonyl (C=O) groups is 2. The van der Waals surface area contributed by atoms with Gasteiger partial charge in [-0.25, -0.2) is 0 Å². The summed E-state index contributed by atoms with van der Waals surface area (Å²) in [6.45, 7) is 5.11. The van der Waals surface area contributed by atoms with Crippen molar-refractivity contribution in [1.82, 2.24) is 10.2 Å². The van der Waals surface area contributed by atoms with Gasteiger partial charge in [0, 0.05) is 13.1 Å². The zero-order valence-corrected chi connectivity index (χ0v) is 11.7. The highest BCUT2D eigenvalue weighted by Gasteiger charge is 2.41. The molecule has 0 unspecified atom stereocenters. The first-order chi connectivity index (χ1) is 9.09. The third-order valence-corrected chi connectivity index (χ3v) is 4.82. The van der Waals surface area contributed by atoms with E-state index < -0.39 is 5.97 Å². The zero-order chi connectivity index (χ0) is 13.9. The van der Waals surface area contributed by atoms with Gasteiger partial charge >= 0.3 is 5.97 Å². The molecule has 2 heterocycles. The van der Waals surface area contributed by atoms with Crippen molar-refractivity contribution in [3.63, 3.8) is 0 Å². The van der Waals surface area contributed by atoms with Crippen LogP contribution >= 0.6 is 0 Å². The highest BCUT2D eigenvalue weighted by atomic mass is 16.4. The highest BCUT2D eigenvalue weighted by molar-refractivity contribution is 5.83. The van der Waals surface area contributed by atoms with Gasteiger partial charge in [0.15, 0.2) is 0 Å². The number of amides is 1. The number of carboxylic acid groups (broad SMARTS) is 1. The molecule has 19 heavy (non-hydrogen) atoms. The maximum Gasteiger partial charge on any atom is 0.306 e. The van der Waals surface area contributed by atoms with Gasteiger partial charge in [0.2, 0.25) is 5.91 Å². The van der Waals surface area contributed by atoms with Crippen LogP contribution in [0.2, 0.25) is 0 Å². The van der Waals surface area contributed by atoms with Crippen molar-refractivity contribution in [1.29, 1.82) is 0 Å². The number of carboxylic acids is 1. The molecule has 0 aromatic rings. The molecular formula is C14H24N2O3. The Kier molecular flexibility index (Phi) is 4.45. The van der Waals surface area contributed by atoms with Crippen molar-refractivity contribution in [2.45, 2.75) is 39.0 Å². The van der Waals surface area contributed by atoms with Gasteiger partial charge in [0.05, 0.1) is 11.3 Å². The first-order valence-corrected chi connectivity index (χ1v) is 7.32. The number of piperidine rings is 2. The standard InChI is InChI=1S/C14H24N2O3/c1-2-14(5-7-15-8-6-14)13(19)16-9-3-11(4-10-16)12(17)18/h11,15H,2-10H2,1H3,(H,17,18). The minimum absolute atomic E-state index is 0.207. The molecule has 5 heteroatoms. The number of hydrogen-bond donors (Lipinski definition) is 2. The number of aliphatic carboxylic acids is 1. The van der Waals surface area contributed by atoms with Gasteiger partial charge in [-0.05, 0) is 45.2 Å².